The zero-order valence-corrected chi connectivity index (χ0v) is 14.4. The van der Waals surface area contributed by atoms with Crippen molar-refractivity contribution >= 4 is 27.3 Å². The summed E-state index contributed by atoms with van der Waals surface area (Å²) in [5.41, 5.74) is 2.56. The van der Waals surface area contributed by atoms with Gasteiger partial charge in [0.25, 0.3) is 0 Å². The lowest BCUT2D eigenvalue weighted by Crippen LogP contribution is -2.32. The number of hydrogen-bond acceptors (Lipinski definition) is 4. The van der Waals surface area contributed by atoms with Crippen molar-refractivity contribution in [3.8, 4) is 0 Å². The Morgan fingerprint density at radius 3 is 2.33 bits per heavy atom. The van der Waals surface area contributed by atoms with Crippen molar-refractivity contribution in [3.05, 3.63) is 54.1 Å². The van der Waals surface area contributed by atoms with Crippen LogP contribution in [0, 0.1) is 0 Å². The number of carbonyl (C=O) groups excluding carboxylic acids is 1. The minimum atomic E-state index is -3.74. The fourth-order valence-electron chi connectivity index (χ4n) is 2.25. The summed E-state index contributed by atoms with van der Waals surface area (Å²) in [6.07, 6.45) is 0.868. The van der Waals surface area contributed by atoms with Crippen LogP contribution in [-0.2, 0) is 21.2 Å². The van der Waals surface area contributed by atoms with Crippen LogP contribution in [0.15, 0.2) is 53.4 Å². The van der Waals surface area contributed by atoms with Gasteiger partial charge in [-0.1, -0.05) is 25.1 Å². The van der Waals surface area contributed by atoms with Crippen molar-refractivity contribution in [2.45, 2.75) is 31.2 Å². The second-order valence-corrected chi connectivity index (χ2v) is 7.00. The number of sulfonamides is 1. The van der Waals surface area contributed by atoms with Crippen molar-refractivity contribution in [1.82, 2.24) is 0 Å². The number of benzene rings is 2. The number of nitrogens with one attached hydrogen (secondary N) is 2. The van der Waals surface area contributed by atoms with E-state index in [2.05, 4.69) is 17.6 Å². The van der Waals surface area contributed by atoms with Crippen molar-refractivity contribution < 1.29 is 13.2 Å². The van der Waals surface area contributed by atoms with E-state index in [4.69, 9.17) is 5.14 Å². The molecule has 0 unspecified atom stereocenters. The number of rotatable bonds is 6. The van der Waals surface area contributed by atoms with Gasteiger partial charge in [-0.3, -0.25) is 4.79 Å². The largest absolute Gasteiger partial charge is 0.374 e. The fraction of sp³-hybridized carbons (Fsp3) is 0.235. The third-order valence-corrected chi connectivity index (χ3v) is 4.54. The molecule has 0 saturated carbocycles. The summed E-state index contributed by atoms with van der Waals surface area (Å²) in [6, 6.07) is 13.1. The standard InChI is InChI=1S/C17H21N3O3S/c1-3-13-6-4-5-7-16(13)19-12(2)17(21)20-14-8-10-15(11-9-14)24(18,22)23/h4-12,19H,3H2,1-2H3,(H,20,21)(H2,18,22,23)/t12-/m1/s1. The molecule has 0 aromatic heterocycles. The topological polar surface area (TPSA) is 101 Å². The molecule has 24 heavy (non-hydrogen) atoms. The summed E-state index contributed by atoms with van der Waals surface area (Å²) >= 11 is 0. The van der Waals surface area contributed by atoms with Crippen LogP contribution in [0.3, 0.4) is 0 Å². The predicted molar refractivity (Wildman–Crippen MR) is 95.3 cm³/mol. The van der Waals surface area contributed by atoms with E-state index in [1.54, 1.807) is 6.92 Å². The molecule has 0 aliphatic rings. The van der Waals surface area contributed by atoms with Gasteiger partial charge in [0.1, 0.15) is 6.04 Å². The van der Waals surface area contributed by atoms with Crippen LogP contribution in [0.1, 0.15) is 19.4 Å². The fourth-order valence-corrected chi connectivity index (χ4v) is 2.76. The third-order valence-electron chi connectivity index (χ3n) is 3.61. The average molecular weight is 347 g/mol. The maximum Gasteiger partial charge on any atom is 0.246 e. The SMILES string of the molecule is CCc1ccccc1N[C@H](C)C(=O)Nc1ccc(S(N)(=O)=O)cc1. The molecule has 2 aromatic carbocycles. The maximum atomic E-state index is 12.3. The van der Waals surface area contributed by atoms with Gasteiger partial charge in [-0.15, -0.1) is 0 Å². The van der Waals surface area contributed by atoms with Crippen molar-refractivity contribution in [3.63, 3.8) is 0 Å². The summed E-state index contributed by atoms with van der Waals surface area (Å²) < 4.78 is 22.4. The van der Waals surface area contributed by atoms with Crippen LogP contribution in [0.5, 0.6) is 0 Å². The Balaban J connectivity index is 2.04. The van der Waals surface area contributed by atoms with Gasteiger partial charge in [0.05, 0.1) is 4.90 Å². The van der Waals surface area contributed by atoms with Gasteiger partial charge in [-0.05, 0) is 49.2 Å². The number of primary sulfonamides is 1. The highest BCUT2D eigenvalue weighted by atomic mass is 32.2. The monoisotopic (exact) mass is 347 g/mol. The predicted octanol–water partition coefficient (Wildman–Crippen LogP) is 2.34. The summed E-state index contributed by atoms with van der Waals surface area (Å²) in [5.74, 6) is -0.218. The second-order valence-electron chi connectivity index (χ2n) is 5.44. The normalized spacial score (nSPS) is 12.5. The maximum absolute atomic E-state index is 12.3. The van der Waals surface area contributed by atoms with Gasteiger partial charge in [-0.2, -0.15) is 0 Å². The quantitative estimate of drug-likeness (QED) is 0.746. The Morgan fingerprint density at radius 2 is 1.75 bits per heavy atom. The Kier molecular flexibility index (Phi) is 5.58. The van der Waals surface area contributed by atoms with Crippen LogP contribution >= 0.6 is 0 Å². The molecule has 6 nitrogen and oxygen atoms in total. The van der Waals surface area contributed by atoms with E-state index in [1.165, 1.54) is 24.3 Å². The number of nitrogens with two attached hydrogens (primary N) is 1. The minimum absolute atomic E-state index is 0.00328. The van der Waals surface area contributed by atoms with Gasteiger partial charge in [-0.25, -0.2) is 13.6 Å². The molecule has 1 amide bonds. The van der Waals surface area contributed by atoms with Crippen LogP contribution in [-0.4, -0.2) is 20.4 Å². The lowest BCUT2D eigenvalue weighted by atomic mass is 10.1. The molecule has 4 N–H and O–H groups in total. The van der Waals surface area contributed by atoms with Gasteiger partial charge in [0.2, 0.25) is 15.9 Å². The molecule has 128 valence electrons. The van der Waals surface area contributed by atoms with Crippen LogP contribution in [0.2, 0.25) is 0 Å². The highest BCUT2D eigenvalue weighted by molar-refractivity contribution is 7.89. The number of aryl methyl sites for hydroxylation is 1. The molecule has 0 radical (unpaired) electrons. The molecule has 0 spiro atoms. The number of hydrogen-bond donors (Lipinski definition) is 3. The van der Waals surface area contributed by atoms with E-state index < -0.39 is 16.1 Å². The highest BCUT2D eigenvalue weighted by Crippen LogP contribution is 2.17. The van der Waals surface area contributed by atoms with Gasteiger partial charge in [0.15, 0.2) is 0 Å². The Bertz CT molecular complexity index is 817. The molecular formula is C17H21N3O3S. The first kappa shape index (κ1) is 18.0. The summed E-state index contributed by atoms with van der Waals surface area (Å²) in [4.78, 5) is 12.3. The molecule has 0 aliphatic carbocycles. The number of para-hydroxylation sites is 1. The molecule has 2 aromatic rings. The van der Waals surface area contributed by atoms with Crippen LogP contribution in [0.25, 0.3) is 0 Å². The molecule has 2 rings (SSSR count). The lowest BCUT2D eigenvalue weighted by molar-refractivity contribution is -0.116. The molecule has 0 saturated heterocycles. The molecule has 7 heteroatoms. The summed E-state index contributed by atoms with van der Waals surface area (Å²) in [7, 11) is -3.74. The molecule has 1 atom stereocenters. The lowest BCUT2D eigenvalue weighted by Gasteiger charge is -2.17. The highest BCUT2D eigenvalue weighted by Gasteiger charge is 2.14. The number of amides is 1. The number of carbonyl (C=O) groups is 1. The van der Waals surface area contributed by atoms with Crippen molar-refractivity contribution in [1.29, 1.82) is 0 Å². The molecular weight excluding hydrogens is 326 g/mol. The molecule has 0 bridgehead atoms. The van der Waals surface area contributed by atoms with Gasteiger partial charge in [0, 0.05) is 11.4 Å². The Labute approximate surface area is 142 Å². The Hall–Kier alpha value is -2.38. The van der Waals surface area contributed by atoms with E-state index >= 15 is 0 Å². The summed E-state index contributed by atoms with van der Waals surface area (Å²) in [6.45, 7) is 3.82. The van der Waals surface area contributed by atoms with E-state index in [1.807, 2.05) is 24.3 Å². The van der Waals surface area contributed by atoms with Crippen LogP contribution < -0.4 is 15.8 Å². The zero-order valence-electron chi connectivity index (χ0n) is 13.6. The first-order valence-electron chi connectivity index (χ1n) is 7.59. The molecule has 0 heterocycles. The van der Waals surface area contributed by atoms with Gasteiger partial charge >= 0.3 is 0 Å². The van der Waals surface area contributed by atoms with Crippen molar-refractivity contribution in [2.75, 3.05) is 10.6 Å². The van der Waals surface area contributed by atoms with E-state index in [0.29, 0.717) is 5.69 Å². The summed E-state index contributed by atoms with van der Waals surface area (Å²) in [5, 5.41) is 11.0. The minimum Gasteiger partial charge on any atom is -0.374 e. The van der Waals surface area contributed by atoms with Gasteiger partial charge < -0.3 is 10.6 Å². The zero-order chi connectivity index (χ0) is 17.7. The number of anilines is 2. The smallest absolute Gasteiger partial charge is 0.246 e. The van der Waals surface area contributed by atoms with E-state index in [-0.39, 0.29) is 10.8 Å². The third kappa shape index (κ3) is 4.56. The average Bonchev–Trinajstić information content (AvgIpc) is 2.55. The second kappa shape index (κ2) is 7.46. The Morgan fingerprint density at radius 1 is 1.12 bits per heavy atom. The van der Waals surface area contributed by atoms with Crippen LogP contribution in [0.4, 0.5) is 11.4 Å². The van der Waals surface area contributed by atoms with E-state index in [9.17, 15) is 13.2 Å². The van der Waals surface area contributed by atoms with Crippen molar-refractivity contribution in [2.24, 2.45) is 5.14 Å². The molecule has 0 aliphatic heterocycles. The van der Waals surface area contributed by atoms with E-state index in [0.717, 1.165) is 17.7 Å². The first-order chi connectivity index (χ1) is 11.3. The molecule has 0 fully saturated rings. The first-order valence-corrected chi connectivity index (χ1v) is 9.14.